The van der Waals surface area contributed by atoms with E-state index in [1.165, 1.54) is 15.9 Å². The number of fused-ring (bicyclic) bond motifs is 2. The summed E-state index contributed by atoms with van der Waals surface area (Å²) in [6.45, 7) is 0. The number of nitrogens with zero attached hydrogens (tertiary/aromatic N) is 3. The molecule has 2 amide bonds. The maximum Gasteiger partial charge on any atom is 0.265 e. The fourth-order valence-electron chi connectivity index (χ4n) is 3.78. The molecule has 5 nitrogen and oxygen atoms in total. The number of likely N-dealkylation sites (N-methyl/N-ethyl adjacent to an activating group) is 1. The first kappa shape index (κ1) is 20.0. The minimum Gasteiger partial charge on any atom is -0.312 e. The predicted molar refractivity (Wildman–Crippen MR) is 128 cm³/mol. The number of carbonyl (C=O) groups excluding carboxylic acids is 2. The fraction of sp³-hybridized carbons (Fsp3) is 0.0385. The van der Waals surface area contributed by atoms with Crippen LogP contribution in [0.1, 0.15) is 16.1 Å². The topological polar surface area (TPSA) is 53.5 Å². The normalized spacial score (nSPS) is 14.1. The Balaban J connectivity index is 1.66. The number of halogens is 1. The number of aromatic nitrogens is 1. The first-order chi connectivity index (χ1) is 15.5. The maximum absolute atomic E-state index is 13.4. The van der Waals surface area contributed by atoms with Gasteiger partial charge in [0.2, 0.25) is 0 Å². The van der Waals surface area contributed by atoms with Gasteiger partial charge in [-0.15, -0.1) is 0 Å². The van der Waals surface area contributed by atoms with Crippen molar-refractivity contribution in [1.29, 1.82) is 0 Å². The van der Waals surface area contributed by atoms with Crippen molar-refractivity contribution < 1.29 is 9.59 Å². The molecule has 0 saturated heterocycles. The van der Waals surface area contributed by atoms with Crippen molar-refractivity contribution in [2.45, 2.75) is 0 Å². The van der Waals surface area contributed by atoms with Gasteiger partial charge >= 0.3 is 0 Å². The van der Waals surface area contributed by atoms with Crippen molar-refractivity contribution in [2.24, 2.45) is 0 Å². The van der Waals surface area contributed by atoms with Crippen LogP contribution in [0.3, 0.4) is 0 Å². The van der Waals surface area contributed by atoms with Gasteiger partial charge in [-0.2, -0.15) is 0 Å². The van der Waals surface area contributed by atoms with Gasteiger partial charge < -0.3 is 4.90 Å². The van der Waals surface area contributed by atoms with Crippen molar-refractivity contribution in [1.82, 2.24) is 4.98 Å². The van der Waals surface area contributed by atoms with E-state index in [0.717, 1.165) is 16.6 Å². The van der Waals surface area contributed by atoms with E-state index in [4.69, 9.17) is 16.6 Å². The number of rotatable bonds is 3. The lowest BCUT2D eigenvalue weighted by molar-refractivity contribution is -0.113. The number of hydrogen-bond donors (Lipinski definition) is 0. The molecular weight excluding hydrogens is 422 g/mol. The molecule has 0 N–H and O–H groups in total. The Morgan fingerprint density at radius 2 is 1.66 bits per heavy atom. The summed E-state index contributed by atoms with van der Waals surface area (Å²) in [6.07, 6.45) is 1.47. The van der Waals surface area contributed by atoms with E-state index >= 15 is 0 Å². The van der Waals surface area contributed by atoms with Crippen molar-refractivity contribution in [2.75, 3.05) is 16.8 Å². The van der Waals surface area contributed by atoms with Crippen LogP contribution in [0.2, 0.25) is 5.02 Å². The monoisotopic (exact) mass is 439 g/mol. The van der Waals surface area contributed by atoms with Gasteiger partial charge in [0.05, 0.1) is 16.8 Å². The zero-order valence-corrected chi connectivity index (χ0v) is 18.0. The molecule has 0 fully saturated rings. The SMILES string of the molecule is CN(C(=O)/C=C1\c2nc3ccccc3cc2C(=O)N1c1ccc(Cl)cc1)c1ccccc1. The lowest BCUT2D eigenvalue weighted by atomic mass is 10.1. The van der Waals surface area contributed by atoms with Crippen LogP contribution in [0.4, 0.5) is 11.4 Å². The molecular formula is C26H18ClN3O2. The second-order valence-corrected chi connectivity index (χ2v) is 7.89. The standard InChI is InChI=1S/C26H18ClN3O2/c1-29(19-8-3-2-4-9-19)24(31)16-23-25-21(15-17-7-5-6-10-22(17)28-25)26(32)30(23)20-13-11-18(27)12-14-20/h2-16H,1H3/b23-16+. The van der Waals surface area contributed by atoms with E-state index in [2.05, 4.69) is 0 Å². The Morgan fingerprint density at radius 3 is 2.41 bits per heavy atom. The summed E-state index contributed by atoms with van der Waals surface area (Å²) in [5, 5.41) is 1.43. The average molecular weight is 440 g/mol. The van der Waals surface area contributed by atoms with Crippen LogP contribution in [0.5, 0.6) is 0 Å². The number of hydrogen-bond acceptors (Lipinski definition) is 3. The first-order valence-corrected chi connectivity index (χ1v) is 10.5. The molecule has 5 rings (SSSR count). The number of para-hydroxylation sites is 2. The molecule has 0 spiro atoms. The van der Waals surface area contributed by atoms with Crippen LogP contribution in [0, 0.1) is 0 Å². The second-order valence-electron chi connectivity index (χ2n) is 7.46. The van der Waals surface area contributed by atoms with Crippen molar-refractivity contribution in [3.63, 3.8) is 0 Å². The largest absolute Gasteiger partial charge is 0.312 e. The van der Waals surface area contributed by atoms with Crippen LogP contribution < -0.4 is 9.80 Å². The number of anilines is 2. The van der Waals surface area contributed by atoms with Gasteiger partial charge in [-0.3, -0.25) is 14.5 Å². The molecule has 156 valence electrons. The first-order valence-electron chi connectivity index (χ1n) is 10.1. The zero-order valence-electron chi connectivity index (χ0n) is 17.2. The molecule has 0 atom stereocenters. The molecule has 3 aromatic carbocycles. The highest BCUT2D eigenvalue weighted by molar-refractivity contribution is 6.31. The molecule has 0 saturated carbocycles. The smallest absolute Gasteiger partial charge is 0.265 e. The third-order valence-electron chi connectivity index (χ3n) is 5.46. The van der Waals surface area contributed by atoms with Gasteiger partial charge in [-0.05, 0) is 48.5 Å². The summed E-state index contributed by atoms with van der Waals surface area (Å²) in [6, 6.07) is 25.7. The number of carbonyl (C=O) groups is 2. The highest BCUT2D eigenvalue weighted by atomic mass is 35.5. The Bertz CT molecular complexity index is 1380. The van der Waals surface area contributed by atoms with Gasteiger partial charge in [0.15, 0.2) is 0 Å². The molecule has 0 bridgehead atoms. The van der Waals surface area contributed by atoms with E-state index in [-0.39, 0.29) is 11.8 Å². The van der Waals surface area contributed by atoms with E-state index in [0.29, 0.717) is 27.7 Å². The summed E-state index contributed by atoms with van der Waals surface area (Å²) in [7, 11) is 1.70. The molecule has 0 aliphatic carbocycles. The summed E-state index contributed by atoms with van der Waals surface area (Å²) < 4.78 is 0. The molecule has 0 radical (unpaired) electrons. The molecule has 1 aliphatic rings. The quantitative estimate of drug-likeness (QED) is 0.393. The van der Waals surface area contributed by atoms with E-state index in [1.807, 2.05) is 60.7 Å². The minimum absolute atomic E-state index is 0.234. The summed E-state index contributed by atoms with van der Waals surface area (Å²) >= 11 is 6.05. The molecule has 4 aromatic rings. The summed E-state index contributed by atoms with van der Waals surface area (Å²) in [5.74, 6) is -0.497. The molecule has 6 heteroatoms. The molecule has 2 heterocycles. The van der Waals surface area contributed by atoms with Crippen LogP contribution in [-0.4, -0.2) is 23.8 Å². The lowest BCUT2D eigenvalue weighted by Crippen LogP contribution is -2.27. The molecule has 1 aliphatic heterocycles. The van der Waals surface area contributed by atoms with Crippen LogP contribution in [0.15, 0.2) is 91.0 Å². The molecule has 32 heavy (non-hydrogen) atoms. The van der Waals surface area contributed by atoms with Gasteiger partial charge in [0, 0.05) is 34.9 Å². The Morgan fingerprint density at radius 1 is 0.969 bits per heavy atom. The number of pyridine rings is 1. The maximum atomic E-state index is 13.4. The van der Waals surface area contributed by atoms with Crippen LogP contribution >= 0.6 is 11.6 Å². The predicted octanol–water partition coefficient (Wildman–Crippen LogP) is 5.55. The number of benzene rings is 3. The Hall–Kier alpha value is -3.96. The van der Waals surface area contributed by atoms with Gasteiger partial charge in [-0.25, -0.2) is 4.98 Å². The fourth-order valence-corrected chi connectivity index (χ4v) is 3.91. The van der Waals surface area contributed by atoms with E-state index < -0.39 is 0 Å². The summed E-state index contributed by atoms with van der Waals surface area (Å²) in [4.78, 5) is 34.4. The van der Waals surface area contributed by atoms with Crippen LogP contribution in [-0.2, 0) is 4.79 Å². The van der Waals surface area contributed by atoms with E-state index in [1.54, 1.807) is 31.3 Å². The van der Waals surface area contributed by atoms with Crippen molar-refractivity contribution >= 4 is 51.4 Å². The average Bonchev–Trinajstić information content (AvgIpc) is 3.08. The lowest BCUT2D eigenvalue weighted by Gasteiger charge is -2.20. The highest BCUT2D eigenvalue weighted by Gasteiger charge is 2.36. The third kappa shape index (κ3) is 3.43. The van der Waals surface area contributed by atoms with E-state index in [9.17, 15) is 9.59 Å². The highest BCUT2D eigenvalue weighted by Crippen LogP contribution is 2.37. The minimum atomic E-state index is -0.263. The van der Waals surface area contributed by atoms with Crippen molar-refractivity contribution in [3.8, 4) is 0 Å². The molecule has 1 aromatic heterocycles. The Labute approximate surface area is 190 Å². The Kier molecular flexibility index (Phi) is 4.96. The summed E-state index contributed by atoms with van der Waals surface area (Å²) in [5.41, 5.74) is 3.50. The second kappa shape index (κ2) is 7.94. The van der Waals surface area contributed by atoms with Crippen LogP contribution in [0.25, 0.3) is 16.6 Å². The van der Waals surface area contributed by atoms with Gasteiger partial charge in [0.25, 0.3) is 11.8 Å². The third-order valence-corrected chi connectivity index (χ3v) is 5.71. The number of amides is 2. The molecule has 0 unspecified atom stereocenters. The van der Waals surface area contributed by atoms with Crippen molar-refractivity contribution in [3.05, 3.63) is 107 Å². The van der Waals surface area contributed by atoms with Gasteiger partial charge in [0.1, 0.15) is 5.69 Å². The van der Waals surface area contributed by atoms with Gasteiger partial charge in [-0.1, -0.05) is 48.0 Å². The zero-order chi connectivity index (χ0) is 22.2.